The largest absolute Gasteiger partial charge is 0.433 e. The van der Waals surface area contributed by atoms with Crippen LogP contribution in [0.3, 0.4) is 0 Å². The van der Waals surface area contributed by atoms with Gasteiger partial charge in [0.25, 0.3) is 0 Å². The number of benzene rings is 1. The fraction of sp³-hybridized carbons (Fsp3) is 0.143. The predicted octanol–water partition coefficient (Wildman–Crippen LogP) is 3.83. The van der Waals surface area contributed by atoms with Gasteiger partial charge in [-0.1, -0.05) is 30.3 Å². The number of hydrogen-bond donors (Lipinski definition) is 0. The molecule has 0 unspecified atom stereocenters. The Hall–Kier alpha value is -2.35. The molecule has 1 aromatic heterocycles. The second-order valence-electron chi connectivity index (χ2n) is 3.94. The molecule has 1 aromatic carbocycles. The van der Waals surface area contributed by atoms with Crippen molar-refractivity contribution in [3.63, 3.8) is 0 Å². The minimum absolute atomic E-state index is 0.0779. The van der Waals surface area contributed by atoms with Gasteiger partial charge in [0.05, 0.1) is 18.2 Å². The normalized spacial score (nSPS) is 11.1. The first-order valence-corrected chi connectivity index (χ1v) is 5.51. The molecule has 0 aliphatic rings. The highest BCUT2D eigenvalue weighted by atomic mass is 19.4. The number of rotatable bonds is 2. The van der Waals surface area contributed by atoms with Crippen LogP contribution in [0.5, 0.6) is 0 Å². The first kappa shape index (κ1) is 13.1. The van der Waals surface area contributed by atoms with Crippen LogP contribution < -0.4 is 0 Å². The van der Waals surface area contributed by atoms with Crippen molar-refractivity contribution in [2.24, 2.45) is 0 Å². The molecule has 0 fully saturated rings. The Morgan fingerprint density at radius 3 is 2.37 bits per heavy atom. The second-order valence-corrected chi connectivity index (χ2v) is 3.94. The summed E-state index contributed by atoms with van der Waals surface area (Å²) in [5, 5.41) is 8.62. The van der Waals surface area contributed by atoms with Crippen molar-refractivity contribution in [2.45, 2.75) is 12.6 Å². The smallest absolute Gasteiger partial charge is 0.243 e. The Bertz CT molecular complexity index is 613. The molecule has 96 valence electrons. The number of aromatic nitrogens is 1. The summed E-state index contributed by atoms with van der Waals surface area (Å²) >= 11 is 0. The molecular formula is C14H9F3N2. The molecule has 0 amide bonds. The minimum atomic E-state index is -4.52. The van der Waals surface area contributed by atoms with Crippen molar-refractivity contribution in [3.05, 3.63) is 53.7 Å². The van der Waals surface area contributed by atoms with Crippen LogP contribution >= 0.6 is 0 Å². The van der Waals surface area contributed by atoms with E-state index in [1.54, 1.807) is 30.3 Å². The average Bonchev–Trinajstić information content (AvgIpc) is 2.39. The maximum atomic E-state index is 12.8. The third-order valence-electron chi connectivity index (χ3n) is 2.53. The second kappa shape index (κ2) is 5.11. The third-order valence-corrected chi connectivity index (χ3v) is 2.53. The molecular weight excluding hydrogens is 253 g/mol. The first-order valence-electron chi connectivity index (χ1n) is 5.51. The fourth-order valence-electron chi connectivity index (χ4n) is 1.68. The van der Waals surface area contributed by atoms with E-state index in [0.717, 1.165) is 6.07 Å². The Kier molecular flexibility index (Phi) is 3.52. The molecule has 2 nitrogen and oxygen atoms in total. The first-order chi connectivity index (χ1) is 9.00. The molecule has 0 spiro atoms. The van der Waals surface area contributed by atoms with Crippen LogP contribution in [-0.4, -0.2) is 4.98 Å². The van der Waals surface area contributed by atoms with Gasteiger partial charge in [-0.3, -0.25) is 0 Å². The van der Waals surface area contributed by atoms with Crippen LogP contribution in [0.4, 0.5) is 13.2 Å². The van der Waals surface area contributed by atoms with Gasteiger partial charge in [-0.15, -0.1) is 0 Å². The van der Waals surface area contributed by atoms with Crippen molar-refractivity contribution < 1.29 is 13.2 Å². The highest BCUT2D eigenvalue weighted by Gasteiger charge is 2.33. The summed E-state index contributed by atoms with van der Waals surface area (Å²) in [6.45, 7) is 0. The van der Waals surface area contributed by atoms with Crippen molar-refractivity contribution >= 4 is 0 Å². The van der Waals surface area contributed by atoms with Gasteiger partial charge in [0.1, 0.15) is 5.69 Å². The molecule has 0 atom stereocenters. The Morgan fingerprint density at radius 2 is 1.79 bits per heavy atom. The monoisotopic (exact) mass is 262 g/mol. The lowest BCUT2D eigenvalue weighted by molar-refractivity contribution is -0.141. The molecule has 19 heavy (non-hydrogen) atoms. The van der Waals surface area contributed by atoms with E-state index in [1.165, 1.54) is 6.07 Å². The lowest BCUT2D eigenvalue weighted by Crippen LogP contribution is -2.09. The van der Waals surface area contributed by atoms with E-state index in [0.29, 0.717) is 11.1 Å². The van der Waals surface area contributed by atoms with Gasteiger partial charge < -0.3 is 0 Å². The van der Waals surface area contributed by atoms with Crippen molar-refractivity contribution in [2.75, 3.05) is 0 Å². The number of halogens is 3. The van der Waals surface area contributed by atoms with E-state index in [2.05, 4.69) is 4.98 Å². The lowest BCUT2D eigenvalue weighted by Gasteiger charge is -2.10. The molecule has 0 N–H and O–H groups in total. The fourth-order valence-corrected chi connectivity index (χ4v) is 1.68. The summed E-state index contributed by atoms with van der Waals surface area (Å²) in [6.07, 6.45) is -4.60. The Balaban J connectivity index is 2.56. The number of nitrogens with zero attached hydrogens (tertiary/aromatic N) is 2. The third kappa shape index (κ3) is 3.10. The number of alkyl halides is 3. The van der Waals surface area contributed by atoms with Crippen LogP contribution in [0.1, 0.15) is 11.3 Å². The zero-order valence-corrected chi connectivity index (χ0v) is 9.78. The standard InChI is InChI=1S/C14H9F3N2/c15-14(16,17)13-9-10(6-7-18)8-12(19-13)11-4-2-1-3-5-11/h1-5,8-9H,6H2. The van der Waals surface area contributed by atoms with Crippen molar-refractivity contribution in [1.82, 2.24) is 4.98 Å². The molecule has 2 rings (SSSR count). The van der Waals surface area contributed by atoms with Crippen LogP contribution in [-0.2, 0) is 12.6 Å². The van der Waals surface area contributed by atoms with Crippen molar-refractivity contribution in [1.29, 1.82) is 5.26 Å². The van der Waals surface area contributed by atoms with Gasteiger partial charge in [-0.05, 0) is 17.7 Å². The molecule has 0 aliphatic heterocycles. The number of pyridine rings is 1. The van der Waals surface area contributed by atoms with Gasteiger partial charge in [0, 0.05) is 5.56 Å². The molecule has 0 radical (unpaired) electrons. The average molecular weight is 262 g/mol. The molecule has 0 saturated carbocycles. The van der Waals surface area contributed by atoms with E-state index in [4.69, 9.17) is 5.26 Å². The van der Waals surface area contributed by atoms with Crippen LogP contribution in [0.25, 0.3) is 11.3 Å². The van der Waals surface area contributed by atoms with Gasteiger partial charge in [-0.25, -0.2) is 4.98 Å². The number of nitriles is 1. The minimum Gasteiger partial charge on any atom is -0.243 e. The van der Waals surface area contributed by atoms with E-state index < -0.39 is 11.9 Å². The molecule has 5 heteroatoms. The van der Waals surface area contributed by atoms with E-state index in [9.17, 15) is 13.2 Å². The van der Waals surface area contributed by atoms with E-state index >= 15 is 0 Å². The Morgan fingerprint density at radius 1 is 1.11 bits per heavy atom. The maximum absolute atomic E-state index is 12.8. The van der Waals surface area contributed by atoms with Crippen LogP contribution in [0.2, 0.25) is 0 Å². The van der Waals surface area contributed by atoms with Crippen LogP contribution in [0.15, 0.2) is 42.5 Å². The molecule has 0 saturated heterocycles. The van der Waals surface area contributed by atoms with Gasteiger partial charge in [-0.2, -0.15) is 18.4 Å². The summed E-state index contributed by atoms with van der Waals surface area (Å²) in [5.41, 5.74) is 0.149. The summed E-state index contributed by atoms with van der Waals surface area (Å²) in [7, 11) is 0. The summed E-state index contributed by atoms with van der Waals surface area (Å²) in [5.74, 6) is 0. The topological polar surface area (TPSA) is 36.7 Å². The van der Waals surface area contributed by atoms with Gasteiger partial charge in [0.15, 0.2) is 0 Å². The zero-order chi connectivity index (χ0) is 13.9. The van der Waals surface area contributed by atoms with Gasteiger partial charge in [0.2, 0.25) is 0 Å². The van der Waals surface area contributed by atoms with E-state index in [1.807, 2.05) is 6.07 Å². The molecule has 1 heterocycles. The highest BCUT2D eigenvalue weighted by molar-refractivity contribution is 5.60. The zero-order valence-electron chi connectivity index (χ0n) is 9.78. The maximum Gasteiger partial charge on any atom is 0.433 e. The molecule has 0 bridgehead atoms. The number of hydrogen-bond acceptors (Lipinski definition) is 2. The van der Waals surface area contributed by atoms with Crippen molar-refractivity contribution in [3.8, 4) is 17.3 Å². The molecule has 2 aromatic rings. The summed E-state index contributed by atoms with van der Waals surface area (Å²) in [6, 6.07) is 12.8. The lowest BCUT2D eigenvalue weighted by atomic mass is 10.1. The summed E-state index contributed by atoms with van der Waals surface area (Å²) < 4.78 is 38.3. The molecule has 0 aliphatic carbocycles. The van der Waals surface area contributed by atoms with Gasteiger partial charge >= 0.3 is 6.18 Å². The highest BCUT2D eigenvalue weighted by Crippen LogP contribution is 2.30. The summed E-state index contributed by atoms with van der Waals surface area (Å²) in [4.78, 5) is 3.62. The Labute approximate surface area is 108 Å². The quantitative estimate of drug-likeness (QED) is 0.824. The van der Waals surface area contributed by atoms with E-state index in [-0.39, 0.29) is 12.1 Å². The van der Waals surface area contributed by atoms with Crippen LogP contribution in [0, 0.1) is 11.3 Å². The SMILES string of the molecule is N#CCc1cc(-c2ccccc2)nc(C(F)(F)F)c1. The predicted molar refractivity (Wildman–Crippen MR) is 64.0 cm³/mol.